The first-order valence-electron chi connectivity index (χ1n) is 5.74. The Labute approximate surface area is 114 Å². The van der Waals surface area contributed by atoms with Gasteiger partial charge in [0.15, 0.2) is 0 Å². The van der Waals surface area contributed by atoms with Gasteiger partial charge in [0, 0.05) is 18.2 Å². The van der Waals surface area contributed by atoms with E-state index in [4.69, 9.17) is 16.7 Å². The zero-order valence-electron chi connectivity index (χ0n) is 10.2. The largest absolute Gasteiger partial charge is 0.480 e. The molecule has 0 aliphatic rings. The minimum Gasteiger partial charge on any atom is -0.480 e. The summed E-state index contributed by atoms with van der Waals surface area (Å²) >= 11 is 5.62. The predicted octanol–water partition coefficient (Wildman–Crippen LogP) is 2.99. The molecular formula is C13H12ClFN2O2. The summed E-state index contributed by atoms with van der Waals surface area (Å²) in [5.41, 5.74) is 1.11. The van der Waals surface area contributed by atoms with Gasteiger partial charge in [-0.2, -0.15) is 0 Å². The molecule has 0 amide bonds. The maximum absolute atomic E-state index is 13.4. The van der Waals surface area contributed by atoms with Crippen molar-refractivity contribution < 1.29 is 14.3 Å². The van der Waals surface area contributed by atoms with Crippen molar-refractivity contribution in [3.63, 3.8) is 0 Å². The van der Waals surface area contributed by atoms with Crippen LogP contribution in [-0.4, -0.2) is 20.6 Å². The molecule has 2 rings (SSSR count). The van der Waals surface area contributed by atoms with Crippen LogP contribution in [0.2, 0.25) is 5.02 Å². The molecule has 0 spiro atoms. The minimum absolute atomic E-state index is 0.0458. The van der Waals surface area contributed by atoms with Gasteiger partial charge < -0.3 is 9.67 Å². The molecule has 0 saturated carbocycles. The molecule has 0 aliphatic carbocycles. The van der Waals surface area contributed by atoms with Gasteiger partial charge in [0.2, 0.25) is 0 Å². The number of aromatic nitrogens is 2. The number of carboxylic acid groups (broad SMARTS) is 1. The Morgan fingerprint density at radius 3 is 2.84 bits per heavy atom. The van der Waals surface area contributed by atoms with E-state index in [9.17, 15) is 9.18 Å². The molecule has 0 bridgehead atoms. The molecular weight excluding hydrogens is 271 g/mol. The maximum atomic E-state index is 13.4. The van der Waals surface area contributed by atoms with Gasteiger partial charge >= 0.3 is 5.97 Å². The highest BCUT2D eigenvalue weighted by Gasteiger charge is 2.12. The molecule has 0 fully saturated rings. The van der Waals surface area contributed by atoms with Gasteiger partial charge in [-0.1, -0.05) is 24.6 Å². The van der Waals surface area contributed by atoms with E-state index in [-0.39, 0.29) is 11.6 Å². The number of aliphatic carboxylic acids is 1. The molecule has 0 aliphatic heterocycles. The van der Waals surface area contributed by atoms with E-state index in [1.54, 1.807) is 16.8 Å². The van der Waals surface area contributed by atoms with Crippen molar-refractivity contribution in [1.29, 1.82) is 0 Å². The third-order valence-electron chi connectivity index (χ3n) is 2.70. The number of benzene rings is 1. The zero-order valence-corrected chi connectivity index (χ0v) is 11.0. The van der Waals surface area contributed by atoms with Crippen LogP contribution in [0, 0.1) is 5.82 Å². The minimum atomic E-state index is -0.944. The van der Waals surface area contributed by atoms with E-state index >= 15 is 0 Å². The van der Waals surface area contributed by atoms with Crippen molar-refractivity contribution >= 4 is 17.6 Å². The van der Waals surface area contributed by atoms with Gasteiger partial charge in [-0.15, -0.1) is 0 Å². The van der Waals surface area contributed by atoms with Crippen LogP contribution in [0.4, 0.5) is 4.39 Å². The Balaban J connectivity index is 2.42. The summed E-state index contributed by atoms with van der Waals surface area (Å²) in [6.07, 6.45) is 2.21. The Morgan fingerprint density at radius 1 is 1.53 bits per heavy atom. The maximum Gasteiger partial charge on any atom is 0.323 e. The number of aryl methyl sites for hydroxylation is 1. The molecule has 6 heteroatoms. The van der Waals surface area contributed by atoms with Crippen LogP contribution in [0.3, 0.4) is 0 Å². The smallest absolute Gasteiger partial charge is 0.323 e. The van der Waals surface area contributed by atoms with Crippen molar-refractivity contribution in [3.05, 3.63) is 41.1 Å². The second-order valence-electron chi connectivity index (χ2n) is 4.05. The molecule has 19 heavy (non-hydrogen) atoms. The van der Waals surface area contributed by atoms with Crippen LogP contribution in [0.25, 0.3) is 11.3 Å². The lowest BCUT2D eigenvalue weighted by atomic mass is 10.2. The van der Waals surface area contributed by atoms with E-state index in [0.717, 1.165) is 0 Å². The summed E-state index contributed by atoms with van der Waals surface area (Å²) in [5, 5.41) is 8.87. The first-order chi connectivity index (χ1) is 9.01. The second-order valence-corrected chi connectivity index (χ2v) is 4.45. The molecule has 1 heterocycles. The Bertz CT molecular complexity index is 625. The average molecular weight is 283 g/mol. The van der Waals surface area contributed by atoms with Gasteiger partial charge in [0.1, 0.15) is 18.2 Å². The molecule has 0 atom stereocenters. The summed E-state index contributed by atoms with van der Waals surface area (Å²) in [6.45, 7) is 1.72. The van der Waals surface area contributed by atoms with Crippen molar-refractivity contribution in [2.45, 2.75) is 19.9 Å². The quantitative estimate of drug-likeness (QED) is 0.938. The highest BCUT2D eigenvalue weighted by Crippen LogP contribution is 2.24. The number of carboxylic acids is 1. The fourth-order valence-corrected chi connectivity index (χ4v) is 1.93. The van der Waals surface area contributed by atoms with Gasteiger partial charge in [0.05, 0.1) is 10.7 Å². The third kappa shape index (κ3) is 2.93. The first-order valence-corrected chi connectivity index (χ1v) is 6.12. The predicted molar refractivity (Wildman–Crippen MR) is 69.6 cm³/mol. The second kappa shape index (κ2) is 5.40. The van der Waals surface area contributed by atoms with Gasteiger partial charge in [-0.25, -0.2) is 9.37 Å². The van der Waals surface area contributed by atoms with Crippen LogP contribution >= 0.6 is 11.6 Å². The normalized spacial score (nSPS) is 10.7. The first kappa shape index (κ1) is 13.5. The van der Waals surface area contributed by atoms with Gasteiger partial charge in [0.25, 0.3) is 0 Å². The average Bonchev–Trinajstić information content (AvgIpc) is 2.75. The number of carbonyl (C=O) groups is 1. The third-order valence-corrected chi connectivity index (χ3v) is 3.00. The molecule has 0 radical (unpaired) electrons. The van der Waals surface area contributed by atoms with Crippen LogP contribution < -0.4 is 0 Å². The van der Waals surface area contributed by atoms with E-state index in [2.05, 4.69) is 4.98 Å². The number of halogens is 2. The molecule has 1 aromatic carbocycles. The number of hydrogen-bond donors (Lipinski definition) is 1. The molecule has 100 valence electrons. The molecule has 1 N–H and O–H groups in total. The Hall–Kier alpha value is -1.88. The standard InChI is InChI=1S/C13H12ClFN2O2/c1-2-12-16-11(6-17(12)7-13(18)19)8-3-4-9(14)10(15)5-8/h3-6H,2,7H2,1H3,(H,18,19). The van der Waals surface area contributed by atoms with Crippen LogP contribution in [0.1, 0.15) is 12.7 Å². The number of rotatable bonds is 4. The van der Waals surface area contributed by atoms with E-state index in [1.165, 1.54) is 12.1 Å². The molecule has 2 aromatic rings. The molecule has 1 aromatic heterocycles. The lowest BCUT2D eigenvalue weighted by molar-refractivity contribution is -0.137. The highest BCUT2D eigenvalue weighted by atomic mass is 35.5. The summed E-state index contributed by atoms with van der Waals surface area (Å²) in [7, 11) is 0. The molecule has 4 nitrogen and oxygen atoms in total. The zero-order chi connectivity index (χ0) is 14.0. The lowest BCUT2D eigenvalue weighted by Gasteiger charge is -2.00. The Morgan fingerprint density at radius 2 is 2.26 bits per heavy atom. The summed E-state index contributed by atoms with van der Waals surface area (Å²) < 4.78 is 14.9. The fraction of sp³-hybridized carbons (Fsp3) is 0.231. The van der Waals surface area contributed by atoms with E-state index < -0.39 is 11.8 Å². The number of hydrogen-bond acceptors (Lipinski definition) is 2. The SMILES string of the molecule is CCc1nc(-c2ccc(Cl)c(F)c2)cn1CC(=O)O. The topological polar surface area (TPSA) is 55.1 Å². The van der Waals surface area contributed by atoms with Crippen LogP contribution in [0.15, 0.2) is 24.4 Å². The molecule has 0 unspecified atom stereocenters. The lowest BCUT2D eigenvalue weighted by Crippen LogP contribution is -2.10. The fourth-order valence-electron chi connectivity index (χ4n) is 1.81. The van der Waals surface area contributed by atoms with Crippen LogP contribution in [0.5, 0.6) is 0 Å². The van der Waals surface area contributed by atoms with E-state index in [1.807, 2.05) is 6.92 Å². The monoisotopic (exact) mass is 282 g/mol. The van der Waals surface area contributed by atoms with Crippen molar-refractivity contribution in [2.75, 3.05) is 0 Å². The summed E-state index contributed by atoms with van der Waals surface area (Å²) in [4.78, 5) is 15.1. The van der Waals surface area contributed by atoms with Gasteiger partial charge in [-0.05, 0) is 12.1 Å². The van der Waals surface area contributed by atoms with Gasteiger partial charge in [-0.3, -0.25) is 4.79 Å². The molecule has 0 saturated heterocycles. The Kier molecular flexibility index (Phi) is 3.85. The number of imidazole rings is 1. The van der Waals surface area contributed by atoms with Crippen molar-refractivity contribution in [1.82, 2.24) is 9.55 Å². The van der Waals surface area contributed by atoms with Crippen LogP contribution in [-0.2, 0) is 17.8 Å². The summed E-state index contributed by atoms with van der Waals surface area (Å²) in [5.74, 6) is -0.821. The van der Waals surface area contributed by atoms with Crippen molar-refractivity contribution in [2.24, 2.45) is 0 Å². The van der Waals surface area contributed by atoms with E-state index in [0.29, 0.717) is 23.5 Å². The highest BCUT2D eigenvalue weighted by molar-refractivity contribution is 6.30. The van der Waals surface area contributed by atoms with Crippen molar-refractivity contribution in [3.8, 4) is 11.3 Å². The summed E-state index contributed by atoms with van der Waals surface area (Å²) in [6, 6.07) is 4.39. The number of nitrogens with zero attached hydrogens (tertiary/aromatic N) is 2.